The average Bonchev–Trinajstić information content (AvgIpc) is 2.71. The van der Waals surface area contributed by atoms with Gasteiger partial charge in [-0.05, 0) is 35.4 Å². The maximum absolute atomic E-state index is 3.09. The molecule has 1 nitrogen and oxygen atoms in total. The zero-order valence-corrected chi connectivity index (χ0v) is 15.5. The van der Waals surface area contributed by atoms with Crippen LogP contribution in [0.4, 0.5) is 17.1 Å². The minimum Gasteiger partial charge on any atom is -0.334 e. The van der Waals surface area contributed by atoms with Crippen LogP contribution in [0.25, 0.3) is 11.1 Å². The van der Waals surface area contributed by atoms with Gasteiger partial charge in [0.25, 0.3) is 0 Å². The Labute approximate surface area is 165 Å². The van der Waals surface area contributed by atoms with Crippen LogP contribution < -0.4 is 4.90 Å². The van der Waals surface area contributed by atoms with Gasteiger partial charge in [0, 0.05) is 28.7 Å². The molecule has 0 atom stereocenters. The van der Waals surface area contributed by atoms with Crippen molar-refractivity contribution in [3.05, 3.63) is 115 Å². The summed E-state index contributed by atoms with van der Waals surface area (Å²) < 4.78 is 0. The van der Waals surface area contributed by atoms with Crippen molar-refractivity contribution in [2.45, 2.75) is 0 Å². The van der Waals surface area contributed by atoms with Crippen LogP contribution in [-0.2, 0) is 17.4 Å². The second-order valence-corrected chi connectivity index (χ2v) is 5.84. The molecule has 0 unspecified atom stereocenters. The summed E-state index contributed by atoms with van der Waals surface area (Å²) in [4.78, 5) is 2.25. The number of hydrogen-bond acceptors (Lipinski definition) is 1. The summed E-state index contributed by atoms with van der Waals surface area (Å²) >= 11 is 0. The van der Waals surface area contributed by atoms with Gasteiger partial charge in [-0.2, -0.15) is 18.2 Å². The van der Waals surface area contributed by atoms with Gasteiger partial charge in [0.1, 0.15) is 0 Å². The zero-order valence-electron chi connectivity index (χ0n) is 14.2. The van der Waals surface area contributed by atoms with Crippen molar-refractivity contribution < 1.29 is 17.4 Å². The Bertz CT molecular complexity index is 881. The van der Waals surface area contributed by atoms with E-state index in [-0.39, 0.29) is 17.4 Å². The van der Waals surface area contributed by atoms with Gasteiger partial charge in [-0.3, -0.25) is 0 Å². The fourth-order valence-corrected chi connectivity index (χ4v) is 2.99. The van der Waals surface area contributed by atoms with Crippen LogP contribution in [0.5, 0.6) is 0 Å². The van der Waals surface area contributed by atoms with Crippen LogP contribution in [0.3, 0.4) is 0 Å². The Morgan fingerprint density at radius 3 is 1.54 bits per heavy atom. The third-order valence-corrected chi connectivity index (χ3v) is 4.21. The summed E-state index contributed by atoms with van der Waals surface area (Å²) in [6.45, 7) is 0. The number of benzene rings is 4. The fraction of sp³-hybridized carbons (Fsp3) is 0. The Morgan fingerprint density at radius 1 is 0.462 bits per heavy atom. The van der Waals surface area contributed by atoms with E-state index in [0.29, 0.717) is 0 Å². The van der Waals surface area contributed by atoms with E-state index >= 15 is 0 Å². The van der Waals surface area contributed by atoms with Crippen molar-refractivity contribution in [1.29, 1.82) is 0 Å². The van der Waals surface area contributed by atoms with Gasteiger partial charge in [0.15, 0.2) is 0 Å². The molecule has 4 aromatic rings. The van der Waals surface area contributed by atoms with Crippen molar-refractivity contribution in [2.24, 2.45) is 0 Å². The first kappa shape index (κ1) is 18.0. The molecule has 0 aromatic heterocycles. The van der Waals surface area contributed by atoms with Gasteiger partial charge in [0.2, 0.25) is 0 Å². The summed E-state index contributed by atoms with van der Waals surface area (Å²) in [6.07, 6.45) is 0. The Morgan fingerprint density at radius 2 is 0.923 bits per heavy atom. The molecule has 0 amide bonds. The molecule has 0 saturated heterocycles. The molecule has 0 N–H and O–H groups in total. The van der Waals surface area contributed by atoms with Crippen molar-refractivity contribution in [1.82, 2.24) is 0 Å². The Balaban J connectivity index is 0.00000196. The van der Waals surface area contributed by atoms with Crippen molar-refractivity contribution in [3.63, 3.8) is 0 Å². The van der Waals surface area contributed by atoms with Crippen molar-refractivity contribution >= 4 is 17.1 Å². The minimum absolute atomic E-state index is 0. The van der Waals surface area contributed by atoms with E-state index in [0.717, 1.165) is 17.1 Å². The second-order valence-electron chi connectivity index (χ2n) is 5.84. The second kappa shape index (κ2) is 8.54. The van der Waals surface area contributed by atoms with Crippen LogP contribution in [0, 0.1) is 6.07 Å². The predicted octanol–water partition coefficient (Wildman–Crippen LogP) is 6.62. The predicted molar refractivity (Wildman–Crippen MR) is 105 cm³/mol. The summed E-state index contributed by atoms with van der Waals surface area (Å²) in [5, 5.41) is 0. The van der Waals surface area contributed by atoms with Crippen LogP contribution in [-0.4, -0.2) is 0 Å². The number of anilines is 3. The molecule has 0 heterocycles. The van der Waals surface area contributed by atoms with Crippen molar-refractivity contribution in [3.8, 4) is 11.1 Å². The number of rotatable bonds is 4. The van der Waals surface area contributed by atoms with E-state index in [1.54, 1.807) is 0 Å². The van der Waals surface area contributed by atoms with E-state index in [1.807, 2.05) is 24.3 Å². The molecule has 26 heavy (non-hydrogen) atoms. The molecule has 0 aliphatic carbocycles. The average molecular weight is 372 g/mol. The molecule has 0 bridgehead atoms. The molecule has 0 aliphatic rings. The largest absolute Gasteiger partial charge is 0.334 e. The quantitative estimate of drug-likeness (QED) is 0.364. The van der Waals surface area contributed by atoms with Crippen molar-refractivity contribution in [2.75, 3.05) is 4.90 Å². The molecule has 0 radical (unpaired) electrons. The first-order valence-electron chi connectivity index (χ1n) is 8.38. The molecule has 126 valence electrons. The van der Waals surface area contributed by atoms with E-state index in [4.69, 9.17) is 0 Å². The van der Waals surface area contributed by atoms with E-state index in [9.17, 15) is 0 Å². The van der Waals surface area contributed by atoms with Gasteiger partial charge >= 0.3 is 0 Å². The van der Waals surface area contributed by atoms with Crippen LogP contribution in [0.2, 0.25) is 0 Å². The summed E-state index contributed by atoms with van der Waals surface area (Å²) in [5.74, 6) is 0. The smallest absolute Gasteiger partial charge is 0.0438 e. The molecule has 0 saturated carbocycles. The molecule has 0 fully saturated rings. The zero-order chi connectivity index (χ0) is 16.9. The molecule has 0 aliphatic heterocycles. The Kier molecular flexibility index (Phi) is 5.92. The third-order valence-electron chi connectivity index (χ3n) is 4.21. The number of para-hydroxylation sites is 1. The normalized spacial score (nSPS) is 10.0. The first-order valence-corrected chi connectivity index (χ1v) is 8.38. The molecule has 4 aromatic carbocycles. The molecule has 0 spiro atoms. The van der Waals surface area contributed by atoms with Gasteiger partial charge in [-0.1, -0.05) is 66.4 Å². The third kappa shape index (κ3) is 3.89. The van der Waals surface area contributed by atoms with Crippen LogP contribution >= 0.6 is 0 Å². The molecule has 4 rings (SSSR count). The van der Waals surface area contributed by atoms with Crippen LogP contribution in [0.15, 0.2) is 109 Å². The molecular weight excluding hydrogens is 354 g/mol. The monoisotopic (exact) mass is 372 g/mol. The van der Waals surface area contributed by atoms with E-state index in [2.05, 4.69) is 95.9 Å². The number of nitrogens with zero attached hydrogens (tertiary/aromatic N) is 1. The Hall–Kier alpha value is -2.79. The summed E-state index contributed by atoms with van der Waals surface area (Å²) in [5.41, 5.74) is 5.85. The van der Waals surface area contributed by atoms with Gasteiger partial charge in [-0.15, -0.1) is 12.1 Å². The SMILES string of the molecule is [Cr].[c-]1ccc(N(c2ccccc2)c2ccc(-c3ccccc3)cc2)cc1. The van der Waals surface area contributed by atoms with Gasteiger partial charge < -0.3 is 4.90 Å². The van der Waals surface area contributed by atoms with E-state index in [1.165, 1.54) is 11.1 Å². The topological polar surface area (TPSA) is 3.24 Å². The maximum atomic E-state index is 3.09. The van der Waals surface area contributed by atoms with Gasteiger partial charge in [-0.25, -0.2) is 0 Å². The molecule has 2 heteroatoms. The maximum Gasteiger partial charge on any atom is 0.0438 e. The standard InChI is InChI=1S/C24H18N.Cr/c1-4-10-20(11-5-1)21-16-18-24(19-17-21)25(22-12-6-2-7-13-22)23-14-8-3-9-15-23;/h1-2,4-19H;/q-1;. The van der Waals surface area contributed by atoms with E-state index < -0.39 is 0 Å². The molecular formula is C24H18CrN-. The summed E-state index contributed by atoms with van der Waals surface area (Å²) in [6, 6.07) is 40.7. The van der Waals surface area contributed by atoms with Crippen LogP contribution in [0.1, 0.15) is 0 Å². The first-order chi connectivity index (χ1) is 12.4. The number of hydrogen-bond donors (Lipinski definition) is 0. The fourth-order valence-electron chi connectivity index (χ4n) is 2.99. The van der Waals surface area contributed by atoms with Gasteiger partial charge in [0.05, 0.1) is 0 Å². The minimum atomic E-state index is 0. The summed E-state index contributed by atoms with van der Waals surface area (Å²) in [7, 11) is 0.